The van der Waals surface area contributed by atoms with Crippen LogP contribution in [0.15, 0.2) is 36.7 Å². The van der Waals surface area contributed by atoms with Gasteiger partial charge in [-0.1, -0.05) is 11.6 Å². The zero-order valence-electron chi connectivity index (χ0n) is 20.1. The molecule has 35 heavy (non-hydrogen) atoms. The van der Waals surface area contributed by atoms with Gasteiger partial charge >= 0.3 is 0 Å². The summed E-state index contributed by atoms with van der Waals surface area (Å²) in [6, 6.07) is 9.89. The molecule has 2 saturated heterocycles. The van der Waals surface area contributed by atoms with Gasteiger partial charge in [0.1, 0.15) is 24.9 Å². The van der Waals surface area contributed by atoms with Crippen molar-refractivity contribution in [2.24, 2.45) is 0 Å². The minimum Gasteiger partial charge on any atom is -0.493 e. The third-order valence-corrected chi connectivity index (χ3v) is 6.50. The molecular weight excluding hydrogens is 475 g/mol. The van der Waals surface area contributed by atoms with Crippen molar-refractivity contribution < 1.29 is 23.3 Å². The molecule has 2 atom stereocenters. The fraction of sp³-hybridized carbons (Fsp3) is 0.440. The highest BCUT2D eigenvalue weighted by atomic mass is 35.5. The second-order valence-corrected chi connectivity index (χ2v) is 8.73. The Morgan fingerprint density at radius 3 is 2.83 bits per heavy atom. The normalized spacial score (nSPS) is 19.9. The van der Waals surface area contributed by atoms with Crippen LogP contribution in [-0.2, 0) is 9.47 Å². The number of aromatic nitrogens is 2. The third-order valence-electron chi connectivity index (χ3n) is 6.08. The minimum atomic E-state index is -0.00414. The first kappa shape index (κ1) is 25.4. The molecule has 0 spiro atoms. The number of aryl methyl sites for hydroxylation is 1. The van der Waals surface area contributed by atoms with Crippen LogP contribution in [0, 0.1) is 6.92 Å². The zero-order valence-corrected chi connectivity index (χ0v) is 20.8. The Bertz CT molecular complexity index is 1150. The lowest BCUT2D eigenvalue weighted by Crippen LogP contribution is -2.56. The van der Waals surface area contributed by atoms with E-state index in [2.05, 4.69) is 20.2 Å². The van der Waals surface area contributed by atoms with Gasteiger partial charge in [0.15, 0.2) is 11.5 Å². The van der Waals surface area contributed by atoms with Gasteiger partial charge in [0.2, 0.25) is 0 Å². The van der Waals surface area contributed by atoms with Crippen molar-refractivity contribution in [3.05, 3.63) is 47.2 Å². The molecule has 3 heterocycles. The number of nitrogens with zero attached hydrogens (tertiary/aromatic N) is 3. The van der Waals surface area contributed by atoms with Gasteiger partial charge in [-0.25, -0.2) is 9.97 Å². The molecule has 2 aliphatic rings. The molecule has 2 fully saturated rings. The third kappa shape index (κ3) is 5.92. The van der Waals surface area contributed by atoms with Crippen LogP contribution >= 0.6 is 11.6 Å². The van der Waals surface area contributed by atoms with E-state index in [1.165, 1.54) is 6.33 Å². The van der Waals surface area contributed by atoms with Gasteiger partial charge in [-0.2, -0.15) is 0 Å². The maximum Gasteiger partial charge on any atom is 0.163 e. The van der Waals surface area contributed by atoms with Crippen LogP contribution in [0.1, 0.15) is 5.56 Å². The molecule has 0 radical (unpaired) electrons. The fourth-order valence-electron chi connectivity index (χ4n) is 4.22. The van der Waals surface area contributed by atoms with Crippen LogP contribution < -0.4 is 14.8 Å². The molecule has 1 N–H and O–H groups in total. The molecule has 0 bridgehead atoms. The summed E-state index contributed by atoms with van der Waals surface area (Å²) in [6.07, 6.45) is 1.53. The van der Waals surface area contributed by atoms with Gasteiger partial charge in [-0.3, -0.25) is 9.29 Å². The molecule has 188 valence electrons. The molecular formula is C25H30ClFN4O4. The lowest BCUT2D eigenvalue weighted by molar-refractivity contribution is -0.124. The van der Waals surface area contributed by atoms with Crippen molar-refractivity contribution in [1.82, 2.24) is 14.9 Å². The quantitative estimate of drug-likeness (QED) is 0.529. The van der Waals surface area contributed by atoms with E-state index < -0.39 is 0 Å². The van der Waals surface area contributed by atoms with Gasteiger partial charge in [-0.15, -0.1) is 0 Å². The predicted molar refractivity (Wildman–Crippen MR) is 134 cm³/mol. The summed E-state index contributed by atoms with van der Waals surface area (Å²) in [5.41, 5.74) is 2.64. The molecule has 0 aliphatic carbocycles. The van der Waals surface area contributed by atoms with E-state index in [-0.39, 0.29) is 6.10 Å². The number of benzene rings is 2. The van der Waals surface area contributed by atoms with E-state index in [1.807, 2.05) is 37.3 Å². The number of ether oxygens (including phenoxy) is 4. The van der Waals surface area contributed by atoms with Crippen molar-refractivity contribution >= 4 is 34.0 Å². The first-order valence-corrected chi connectivity index (χ1v) is 11.8. The maximum absolute atomic E-state index is 9.50. The number of nitrogens with one attached hydrogen (secondary N) is 1. The molecule has 2 aliphatic heterocycles. The fourth-order valence-corrected chi connectivity index (χ4v) is 4.34. The van der Waals surface area contributed by atoms with Gasteiger partial charge in [0.25, 0.3) is 0 Å². The zero-order chi connectivity index (χ0) is 24.8. The summed E-state index contributed by atoms with van der Waals surface area (Å²) >= 11 is 6.15. The van der Waals surface area contributed by atoms with Gasteiger partial charge < -0.3 is 24.3 Å². The van der Waals surface area contributed by atoms with E-state index in [4.69, 9.17) is 30.5 Å². The summed E-state index contributed by atoms with van der Waals surface area (Å²) in [5, 5.41) is 4.91. The van der Waals surface area contributed by atoms with Crippen molar-refractivity contribution in [3.8, 4) is 11.5 Å². The highest BCUT2D eigenvalue weighted by molar-refractivity contribution is 6.31. The summed E-state index contributed by atoms with van der Waals surface area (Å²) < 4.78 is 32.8. The Labute approximate surface area is 209 Å². The summed E-state index contributed by atoms with van der Waals surface area (Å²) in [6.45, 7) is 6.34. The lowest BCUT2D eigenvalue weighted by atomic mass is 10.1. The molecule has 8 nitrogen and oxygen atoms in total. The Kier molecular flexibility index (Phi) is 8.56. The Hall–Kier alpha value is -2.72. The molecule has 0 unspecified atom stereocenters. The van der Waals surface area contributed by atoms with E-state index >= 15 is 0 Å². The van der Waals surface area contributed by atoms with Crippen LogP contribution in [0.2, 0.25) is 5.02 Å². The highest BCUT2D eigenvalue weighted by Crippen LogP contribution is 2.35. The maximum atomic E-state index is 9.50. The number of methoxy groups -OCH3 is 1. The number of morpholine rings is 2. The average Bonchev–Trinajstić information content (AvgIpc) is 2.90. The van der Waals surface area contributed by atoms with Crippen LogP contribution in [0.3, 0.4) is 0 Å². The second-order valence-electron chi connectivity index (χ2n) is 8.32. The molecule has 3 aromatic rings. The van der Waals surface area contributed by atoms with Crippen molar-refractivity contribution in [3.63, 3.8) is 0 Å². The number of halogens is 2. The first-order chi connectivity index (χ1) is 17.1. The largest absolute Gasteiger partial charge is 0.493 e. The number of rotatable bonds is 6. The van der Waals surface area contributed by atoms with Gasteiger partial charge in [-0.05, 0) is 36.8 Å². The molecule has 10 heteroatoms. The van der Waals surface area contributed by atoms with E-state index in [9.17, 15) is 4.39 Å². The van der Waals surface area contributed by atoms with Crippen LogP contribution in [0.25, 0.3) is 10.9 Å². The number of anilines is 2. The Morgan fingerprint density at radius 2 is 2.03 bits per heavy atom. The Morgan fingerprint density at radius 1 is 1.17 bits per heavy atom. The number of alkyl halides is 1. The monoisotopic (exact) mass is 504 g/mol. The van der Waals surface area contributed by atoms with Crippen LogP contribution in [0.5, 0.6) is 11.5 Å². The molecule has 0 amide bonds. The molecule has 2 aromatic carbocycles. The topological polar surface area (TPSA) is 78.0 Å². The standard InChI is InChI=1S/C24H27ClN4O4.CH3F/c1-15-7-16(3-4-20(15)25)28-24-19-8-22(30-2)23(9-21(19)26-14-27-24)33-13-18-10-29-5-6-31-11-17(29)12-32-18;1-2/h3-4,7-9,14,17-18H,5-6,10-13H2,1-2H3,(H,26,27,28);1H3/t17-,18+;/m0./s1. The number of hydrogen-bond donors (Lipinski definition) is 1. The Balaban J connectivity index is 0.00000141. The highest BCUT2D eigenvalue weighted by Gasteiger charge is 2.31. The molecule has 5 rings (SSSR count). The second kappa shape index (κ2) is 11.8. The molecule has 1 aromatic heterocycles. The van der Waals surface area contributed by atoms with Crippen LogP contribution in [0.4, 0.5) is 15.9 Å². The van der Waals surface area contributed by atoms with Gasteiger partial charge in [0.05, 0.1) is 45.7 Å². The van der Waals surface area contributed by atoms with E-state index in [0.29, 0.717) is 43.7 Å². The van der Waals surface area contributed by atoms with Crippen LogP contribution in [-0.4, -0.2) is 80.8 Å². The SMILES string of the molecule is CF.COc1cc2c(Nc3ccc(Cl)c(C)c3)ncnc2cc1OC[C@H]1CN2CCOC[C@H]2CO1. The lowest BCUT2D eigenvalue weighted by Gasteiger charge is -2.41. The number of hydrogen-bond acceptors (Lipinski definition) is 8. The van der Waals surface area contributed by atoms with E-state index in [0.717, 1.165) is 53.5 Å². The van der Waals surface area contributed by atoms with Crippen molar-refractivity contribution in [2.45, 2.75) is 19.1 Å². The van der Waals surface area contributed by atoms with Gasteiger partial charge in [0, 0.05) is 35.3 Å². The van der Waals surface area contributed by atoms with E-state index in [1.54, 1.807) is 7.11 Å². The molecule has 0 saturated carbocycles. The summed E-state index contributed by atoms with van der Waals surface area (Å²) in [5.74, 6) is 1.93. The van der Waals surface area contributed by atoms with Crippen molar-refractivity contribution in [2.75, 3.05) is 59.1 Å². The number of fused-ring (bicyclic) bond motifs is 2. The predicted octanol–water partition coefficient (Wildman–Crippen LogP) is 4.41. The first-order valence-electron chi connectivity index (χ1n) is 11.4. The summed E-state index contributed by atoms with van der Waals surface area (Å²) in [4.78, 5) is 11.3. The average molecular weight is 505 g/mol. The van der Waals surface area contributed by atoms with Crippen molar-refractivity contribution in [1.29, 1.82) is 0 Å². The summed E-state index contributed by atoms with van der Waals surface area (Å²) in [7, 11) is 2.13. The smallest absolute Gasteiger partial charge is 0.163 e. The minimum absolute atomic E-state index is 0.00414.